The fourth-order valence-electron chi connectivity index (χ4n) is 5.77. The molecule has 0 spiro atoms. The molecule has 12 heteroatoms. The van der Waals surface area contributed by atoms with Crippen molar-refractivity contribution in [2.24, 2.45) is 7.05 Å². The van der Waals surface area contributed by atoms with Crippen LogP contribution in [0.1, 0.15) is 45.2 Å². The standard InChI is InChI=1S/C30H29FN4O5S2/c1-32-29(36)27-21-13-20(18-5-4-11-35(16-18)30(37)24-15-26-23(34(24)2)10-12-41-26)22(33-42(3,38)39)14-25(21)40-28(27)17-6-8-19(31)9-7-17/h6-10,12-15,18,33H,4-5,11,16H2,1-3H3,(H,32,36)/t18-/m1/s1. The predicted molar refractivity (Wildman–Crippen MR) is 162 cm³/mol. The van der Waals surface area contributed by atoms with E-state index in [1.807, 2.05) is 29.1 Å². The molecule has 1 aliphatic heterocycles. The van der Waals surface area contributed by atoms with Crippen LogP contribution in [0.2, 0.25) is 0 Å². The molecule has 1 aliphatic rings. The monoisotopic (exact) mass is 608 g/mol. The summed E-state index contributed by atoms with van der Waals surface area (Å²) in [6.45, 7) is 0.953. The fourth-order valence-corrected chi connectivity index (χ4v) is 7.20. The Morgan fingerprint density at radius 1 is 1.12 bits per heavy atom. The van der Waals surface area contributed by atoms with E-state index >= 15 is 0 Å². The molecule has 0 radical (unpaired) electrons. The quantitative estimate of drug-likeness (QED) is 0.263. The molecule has 0 bridgehead atoms. The van der Waals surface area contributed by atoms with E-state index in [1.54, 1.807) is 28.4 Å². The van der Waals surface area contributed by atoms with Crippen LogP contribution in [-0.2, 0) is 17.1 Å². The number of aryl methyl sites for hydroxylation is 1. The van der Waals surface area contributed by atoms with E-state index in [1.165, 1.54) is 31.3 Å². The lowest BCUT2D eigenvalue weighted by Gasteiger charge is -2.34. The van der Waals surface area contributed by atoms with Crippen molar-refractivity contribution in [2.45, 2.75) is 18.8 Å². The van der Waals surface area contributed by atoms with Crippen molar-refractivity contribution in [3.63, 3.8) is 0 Å². The van der Waals surface area contributed by atoms with Crippen molar-refractivity contribution in [2.75, 3.05) is 31.1 Å². The van der Waals surface area contributed by atoms with Crippen molar-refractivity contribution in [1.82, 2.24) is 14.8 Å². The van der Waals surface area contributed by atoms with Gasteiger partial charge in [-0.05, 0) is 66.2 Å². The minimum absolute atomic E-state index is 0.0859. The van der Waals surface area contributed by atoms with Crippen LogP contribution in [0.25, 0.3) is 32.5 Å². The second kappa shape index (κ2) is 10.6. The maximum Gasteiger partial charge on any atom is 0.270 e. The van der Waals surface area contributed by atoms with Gasteiger partial charge < -0.3 is 19.2 Å². The molecule has 2 N–H and O–H groups in total. The van der Waals surface area contributed by atoms with Gasteiger partial charge in [-0.2, -0.15) is 0 Å². The number of hydrogen-bond acceptors (Lipinski definition) is 6. The average Bonchev–Trinajstić information content (AvgIpc) is 3.66. The third kappa shape index (κ3) is 5.05. The first-order valence-electron chi connectivity index (χ1n) is 13.4. The molecule has 0 unspecified atom stereocenters. The molecule has 6 rings (SSSR count). The number of aromatic nitrogens is 1. The van der Waals surface area contributed by atoms with Crippen molar-refractivity contribution in [1.29, 1.82) is 0 Å². The number of rotatable bonds is 6. The number of sulfonamides is 1. The molecular weight excluding hydrogens is 579 g/mol. The Bertz CT molecular complexity index is 1960. The lowest BCUT2D eigenvalue weighted by molar-refractivity contribution is 0.0698. The van der Waals surface area contributed by atoms with Gasteiger partial charge in [0.05, 0.1) is 27.7 Å². The number of likely N-dealkylation sites (tertiary alicyclic amines) is 1. The lowest BCUT2D eigenvalue weighted by Crippen LogP contribution is -2.40. The number of nitrogens with zero attached hydrogens (tertiary/aromatic N) is 2. The third-order valence-electron chi connectivity index (χ3n) is 7.75. The number of halogens is 1. The maximum atomic E-state index is 13.7. The van der Waals surface area contributed by atoms with Gasteiger partial charge in [-0.1, -0.05) is 0 Å². The molecule has 2 aromatic carbocycles. The van der Waals surface area contributed by atoms with Gasteiger partial charge in [0.2, 0.25) is 10.0 Å². The summed E-state index contributed by atoms with van der Waals surface area (Å²) < 4.78 is 50.1. The number of furan rings is 1. The van der Waals surface area contributed by atoms with E-state index in [0.29, 0.717) is 53.0 Å². The van der Waals surface area contributed by atoms with E-state index < -0.39 is 21.7 Å². The molecule has 4 heterocycles. The topological polar surface area (TPSA) is 114 Å². The molecule has 0 saturated carbocycles. The van der Waals surface area contributed by atoms with Crippen LogP contribution in [0.4, 0.5) is 10.1 Å². The molecule has 5 aromatic rings. The summed E-state index contributed by atoms with van der Waals surface area (Å²) in [7, 11) is -0.283. The zero-order valence-corrected chi connectivity index (χ0v) is 24.9. The van der Waals surface area contributed by atoms with Gasteiger partial charge in [0.1, 0.15) is 22.9 Å². The number of thiophene rings is 1. The number of carbonyl (C=O) groups excluding carboxylic acids is 2. The molecule has 218 valence electrons. The Kier molecular flexibility index (Phi) is 7.06. The molecule has 9 nitrogen and oxygen atoms in total. The molecule has 1 fully saturated rings. The Labute approximate surface area is 246 Å². The first-order valence-corrected chi connectivity index (χ1v) is 16.2. The number of anilines is 1. The van der Waals surface area contributed by atoms with Crippen LogP contribution in [0, 0.1) is 5.82 Å². The number of hydrogen-bond donors (Lipinski definition) is 2. The second-order valence-electron chi connectivity index (χ2n) is 10.6. The highest BCUT2D eigenvalue weighted by Gasteiger charge is 2.31. The van der Waals surface area contributed by atoms with Crippen molar-refractivity contribution >= 4 is 60.0 Å². The summed E-state index contributed by atoms with van der Waals surface area (Å²) in [6.07, 6.45) is 2.51. The van der Waals surface area contributed by atoms with Gasteiger partial charge in [-0.25, -0.2) is 12.8 Å². The maximum absolute atomic E-state index is 13.7. The van der Waals surface area contributed by atoms with Crippen LogP contribution < -0.4 is 10.0 Å². The molecule has 1 saturated heterocycles. The van der Waals surface area contributed by atoms with Gasteiger partial charge >= 0.3 is 0 Å². The number of carbonyl (C=O) groups is 2. The van der Waals surface area contributed by atoms with Crippen LogP contribution in [0.3, 0.4) is 0 Å². The highest BCUT2D eigenvalue weighted by atomic mass is 32.2. The van der Waals surface area contributed by atoms with Gasteiger partial charge in [-0.3, -0.25) is 14.3 Å². The van der Waals surface area contributed by atoms with Gasteiger partial charge in [0, 0.05) is 50.1 Å². The summed E-state index contributed by atoms with van der Waals surface area (Å²) in [4.78, 5) is 28.6. The molecule has 1 atom stereocenters. The van der Waals surface area contributed by atoms with Crippen molar-refractivity contribution in [3.05, 3.63) is 76.5 Å². The summed E-state index contributed by atoms with van der Waals surface area (Å²) in [5.74, 6) is -0.871. The molecule has 2 amide bonds. The van der Waals surface area contributed by atoms with Crippen molar-refractivity contribution in [3.8, 4) is 11.3 Å². The Morgan fingerprint density at radius 2 is 1.88 bits per heavy atom. The second-order valence-corrected chi connectivity index (χ2v) is 13.2. The first kappa shape index (κ1) is 28.0. The highest BCUT2D eigenvalue weighted by molar-refractivity contribution is 7.92. The normalized spacial score (nSPS) is 15.8. The van der Waals surface area contributed by atoms with Crippen LogP contribution in [-0.4, -0.2) is 56.1 Å². The third-order valence-corrected chi connectivity index (χ3v) is 9.19. The number of fused-ring (bicyclic) bond motifs is 2. The minimum atomic E-state index is -3.67. The van der Waals surface area contributed by atoms with Crippen LogP contribution >= 0.6 is 11.3 Å². The Morgan fingerprint density at radius 3 is 2.57 bits per heavy atom. The van der Waals surface area contributed by atoms with E-state index in [4.69, 9.17) is 4.42 Å². The lowest BCUT2D eigenvalue weighted by atomic mass is 9.88. The largest absolute Gasteiger partial charge is 0.455 e. The number of benzene rings is 2. The van der Waals surface area contributed by atoms with E-state index in [9.17, 15) is 22.4 Å². The smallest absolute Gasteiger partial charge is 0.270 e. The number of amides is 2. The Hall–Kier alpha value is -4.16. The number of nitrogens with one attached hydrogen (secondary N) is 2. The molecular formula is C30H29FN4O5S2. The van der Waals surface area contributed by atoms with Crippen LogP contribution in [0.5, 0.6) is 0 Å². The van der Waals surface area contributed by atoms with Gasteiger partial charge in [-0.15, -0.1) is 11.3 Å². The molecule has 42 heavy (non-hydrogen) atoms. The van der Waals surface area contributed by atoms with Crippen LogP contribution in [0.15, 0.2) is 58.3 Å². The Balaban J connectivity index is 1.45. The summed E-state index contributed by atoms with van der Waals surface area (Å²) in [6, 6.07) is 12.9. The minimum Gasteiger partial charge on any atom is -0.455 e. The van der Waals surface area contributed by atoms with Gasteiger partial charge in [0.15, 0.2) is 0 Å². The zero-order valence-electron chi connectivity index (χ0n) is 23.2. The van der Waals surface area contributed by atoms with E-state index in [-0.39, 0.29) is 23.1 Å². The van der Waals surface area contributed by atoms with E-state index in [0.717, 1.165) is 22.9 Å². The summed E-state index contributed by atoms with van der Waals surface area (Å²) in [5, 5.41) is 5.14. The highest BCUT2D eigenvalue weighted by Crippen LogP contribution is 2.41. The number of piperidine rings is 1. The fraction of sp³-hybridized carbons (Fsp3) is 0.267. The summed E-state index contributed by atoms with van der Waals surface area (Å²) in [5.41, 5.74) is 3.65. The summed E-state index contributed by atoms with van der Waals surface area (Å²) >= 11 is 1.58. The zero-order chi connectivity index (χ0) is 29.8. The van der Waals surface area contributed by atoms with E-state index in [2.05, 4.69) is 10.0 Å². The SMILES string of the molecule is CNC(=O)c1c(-c2ccc(F)cc2)oc2cc(NS(C)(=O)=O)c([C@@H]3CCCN(C(=O)c4cc5sccc5n4C)C3)cc12. The molecule has 0 aliphatic carbocycles. The van der Waals surface area contributed by atoms with Crippen molar-refractivity contribution < 1.29 is 26.8 Å². The average molecular weight is 609 g/mol. The predicted octanol–water partition coefficient (Wildman–Crippen LogP) is 5.54. The first-order chi connectivity index (χ1) is 20.0. The molecule has 3 aromatic heterocycles. The van der Waals surface area contributed by atoms with Gasteiger partial charge in [0.25, 0.3) is 11.8 Å².